The van der Waals surface area contributed by atoms with Crippen molar-refractivity contribution in [2.45, 2.75) is 39.5 Å². The van der Waals surface area contributed by atoms with Crippen molar-refractivity contribution in [2.24, 2.45) is 0 Å². The van der Waals surface area contributed by atoms with Gasteiger partial charge in [0.25, 0.3) is 0 Å². The summed E-state index contributed by atoms with van der Waals surface area (Å²) >= 11 is 0. The lowest BCUT2D eigenvalue weighted by Gasteiger charge is -2.14. The monoisotopic (exact) mass is 177 g/mol. The fourth-order valence-corrected chi connectivity index (χ4v) is 1.87. The Bertz CT molecular complexity index is 336. The number of rotatable bonds is 1. The van der Waals surface area contributed by atoms with Gasteiger partial charge in [-0.15, -0.1) is 0 Å². The highest BCUT2D eigenvalue weighted by Gasteiger charge is 2.19. The van der Waals surface area contributed by atoms with Crippen molar-refractivity contribution in [1.82, 2.24) is 4.98 Å². The van der Waals surface area contributed by atoms with Crippen molar-refractivity contribution in [3.8, 4) is 0 Å². The summed E-state index contributed by atoms with van der Waals surface area (Å²) in [5.74, 6) is 1.08. The zero-order chi connectivity index (χ0) is 9.26. The zero-order valence-electron chi connectivity index (χ0n) is 8.26. The molecule has 0 spiro atoms. The van der Waals surface area contributed by atoms with Crippen molar-refractivity contribution in [1.29, 1.82) is 0 Å². The fraction of sp³-hybridized carbons (Fsp3) is 0.545. The molecule has 0 atom stereocenters. The second-order valence-corrected chi connectivity index (χ2v) is 3.59. The average molecular weight is 177 g/mol. The number of fused-ring (bicyclic) bond motifs is 1. The summed E-state index contributed by atoms with van der Waals surface area (Å²) in [5, 5.41) is 0. The summed E-state index contributed by atoms with van der Waals surface area (Å²) in [6.45, 7) is 4.38. The van der Waals surface area contributed by atoms with Gasteiger partial charge in [-0.05, 0) is 31.8 Å². The second kappa shape index (κ2) is 3.36. The molecule has 2 nitrogen and oxygen atoms in total. The Hall–Kier alpha value is -1.05. The van der Waals surface area contributed by atoms with Gasteiger partial charge in [0.15, 0.2) is 6.39 Å². The maximum absolute atomic E-state index is 5.34. The maximum atomic E-state index is 5.34. The molecule has 1 aliphatic carbocycles. The molecule has 0 unspecified atom stereocenters. The Kier molecular flexibility index (Phi) is 2.21. The molecule has 0 radical (unpaired) electrons. The molecule has 0 amide bonds. The Balaban J connectivity index is 2.46. The normalized spacial score (nSPS) is 19.8. The van der Waals surface area contributed by atoms with Crippen LogP contribution in [0.5, 0.6) is 0 Å². The van der Waals surface area contributed by atoms with E-state index in [-0.39, 0.29) is 0 Å². The van der Waals surface area contributed by atoms with Crippen LogP contribution in [0.15, 0.2) is 16.4 Å². The molecule has 1 heterocycles. The number of aryl methyl sites for hydroxylation is 1. The van der Waals surface area contributed by atoms with Crippen LogP contribution in [0.25, 0.3) is 5.57 Å². The van der Waals surface area contributed by atoms with E-state index in [1.807, 2.05) is 0 Å². The van der Waals surface area contributed by atoms with Crippen molar-refractivity contribution >= 4 is 5.57 Å². The van der Waals surface area contributed by atoms with E-state index in [0.29, 0.717) is 0 Å². The molecule has 2 rings (SSSR count). The minimum atomic E-state index is 1.05. The molecule has 70 valence electrons. The van der Waals surface area contributed by atoms with E-state index >= 15 is 0 Å². The van der Waals surface area contributed by atoms with E-state index in [0.717, 1.165) is 24.3 Å². The molecule has 1 aromatic rings. The fourth-order valence-electron chi connectivity index (χ4n) is 1.87. The Morgan fingerprint density at radius 2 is 2.38 bits per heavy atom. The van der Waals surface area contributed by atoms with Crippen LogP contribution in [0.1, 0.15) is 44.6 Å². The zero-order valence-corrected chi connectivity index (χ0v) is 8.26. The van der Waals surface area contributed by atoms with Crippen LogP contribution in [-0.2, 0) is 6.42 Å². The first-order chi connectivity index (χ1) is 6.33. The summed E-state index contributed by atoms with van der Waals surface area (Å²) in [5.41, 5.74) is 3.98. The van der Waals surface area contributed by atoms with Crippen LogP contribution < -0.4 is 0 Å². The lowest BCUT2D eigenvalue weighted by atomic mass is 9.92. The third-order valence-electron chi connectivity index (χ3n) is 2.80. The van der Waals surface area contributed by atoms with Gasteiger partial charge < -0.3 is 4.42 Å². The first-order valence-corrected chi connectivity index (χ1v) is 4.94. The lowest BCUT2D eigenvalue weighted by Crippen LogP contribution is -2.01. The maximum Gasteiger partial charge on any atom is 0.181 e. The third-order valence-corrected chi connectivity index (χ3v) is 2.80. The second-order valence-electron chi connectivity index (χ2n) is 3.59. The van der Waals surface area contributed by atoms with Crippen molar-refractivity contribution < 1.29 is 4.42 Å². The Labute approximate surface area is 78.7 Å². The molecule has 13 heavy (non-hydrogen) atoms. The average Bonchev–Trinajstić information content (AvgIpc) is 2.63. The molecule has 2 heteroatoms. The van der Waals surface area contributed by atoms with Gasteiger partial charge in [-0.2, -0.15) is 0 Å². The van der Waals surface area contributed by atoms with Gasteiger partial charge >= 0.3 is 0 Å². The number of hydrogen-bond donors (Lipinski definition) is 0. The highest BCUT2D eigenvalue weighted by molar-refractivity contribution is 5.68. The number of nitrogens with zero attached hydrogens (tertiary/aromatic N) is 1. The van der Waals surface area contributed by atoms with Crippen LogP contribution >= 0.6 is 0 Å². The van der Waals surface area contributed by atoms with Crippen LogP contribution in [-0.4, -0.2) is 4.98 Å². The van der Waals surface area contributed by atoms with Crippen LogP contribution in [0.2, 0.25) is 0 Å². The van der Waals surface area contributed by atoms with Crippen molar-refractivity contribution in [3.63, 3.8) is 0 Å². The van der Waals surface area contributed by atoms with E-state index in [9.17, 15) is 0 Å². The smallest absolute Gasteiger partial charge is 0.181 e. The standard InChI is InChI=1S/C11H15NO/c1-3-8(2)9-5-4-6-10-11(9)12-7-13-10/h7H,3-6H2,1-2H3/b9-8+. The lowest BCUT2D eigenvalue weighted by molar-refractivity contribution is 0.492. The van der Waals surface area contributed by atoms with E-state index in [4.69, 9.17) is 4.42 Å². The van der Waals surface area contributed by atoms with Gasteiger partial charge in [0.05, 0.1) is 0 Å². The van der Waals surface area contributed by atoms with Crippen LogP contribution in [0.4, 0.5) is 0 Å². The predicted octanol–water partition coefficient (Wildman–Crippen LogP) is 3.19. The van der Waals surface area contributed by atoms with Crippen LogP contribution in [0.3, 0.4) is 0 Å². The summed E-state index contributed by atoms with van der Waals surface area (Å²) < 4.78 is 5.34. The number of aromatic nitrogens is 1. The predicted molar refractivity (Wildman–Crippen MR) is 52.3 cm³/mol. The van der Waals surface area contributed by atoms with E-state index in [1.165, 1.54) is 24.0 Å². The first kappa shape index (κ1) is 8.54. The van der Waals surface area contributed by atoms with E-state index in [2.05, 4.69) is 18.8 Å². The molecular formula is C11H15NO. The molecule has 0 N–H and O–H groups in total. The summed E-state index contributed by atoms with van der Waals surface area (Å²) in [6.07, 6.45) is 6.10. The summed E-state index contributed by atoms with van der Waals surface area (Å²) in [4.78, 5) is 4.28. The SMILES string of the molecule is CC/C(C)=C1\CCCc2ocnc21. The van der Waals surface area contributed by atoms with Crippen LogP contribution in [0, 0.1) is 0 Å². The van der Waals surface area contributed by atoms with Gasteiger partial charge in [-0.1, -0.05) is 12.5 Å². The van der Waals surface area contributed by atoms with Crippen molar-refractivity contribution in [3.05, 3.63) is 23.4 Å². The van der Waals surface area contributed by atoms with Gasteiger partial charge in [-0.3, -0.25) is 0 Å². The summed E-state index contributed by atoms with van der Waals surface area (Å²) in [7, 11) is 0. The number of hydrogen-bond acceptors (Lipinski definition) is 2. The van der Waals surface area contributed by atoms with Crippen molar-refractivity contribution in [2.75, 3.05) is 0 Å². The highest BCUT2D eigenvalue weighted by Crippen LogP contribution is 2.32. The Morgan fingerprint density at radius 3 is 3.15 bits per heavy atom. The molecule has 0 saturated heterocycles. The Morgan fingerprint density at radius 1 is 1.54 bits per heavy atom. The van der Waals surface area contributed by atoms with Gasteiger partial charge in [0.2, 0.25) is 0 Å². The minimum absolute atomic E-state index is 1.05. The quantitative estimate of drug-likeness (QED) is 0.658. The minimum Gasteiger partial charge on any atom is -0.448 e. The molecule has 1 aliphatic rings. The first-order valence-electron chi connectivity index (χ1n) is 4.94. The highest BCUT2D eigenvalue weighted by atomic mass is 16.3. The summed E-state index contributed by atoms with van der Waals surface area (Å²) in [6, 6.07) is 0. The largest absolute Gasteiger partial charge is 0.448 e. The molecular weight excluding hydrogens is 162 g/mol. The van der Waals surface area contributed by atoms with E-state index in [1.54, 1.807) is 6.39 Å². The third kappa shape index (κ3) is 1.41. The number of oxazole rings is 1. The van der Waals surface area contributed by atoms with Gasteiger partial charge in [0.1, 0.15) is 11.5 Å². The van der Waals surface area contributed by atoms with Gasteiger partial charge in [-0.25, -0.2) is 4.98 Å². The number of allylic oxidation sites excluding steroid dienone is 2. The molecule has 0 aromatic carbocycles. The molecule has 0 bridgehead atoms. The topological polar surface area (TPSA) is 26.0 Å². The molecule has 0 saturated carbocycles. The molecule has 1 aromatic heterocycles. The molecule has 0 fully saturated rings. The molecule has 0 aliphatic heterocycles. The van der Waals surface area contributed by atoms with Gasteiger partial charge in [0, 0.05) is 6.42 Å². The van der Waals surface area contributed by atoms with E-state index < -0.39 is 0 Å².